The lowest BCUT2D eigenvalue weighted by Gasteiger charge is -2.14. The molecule has 0 radical (unpaired) electrons. The first-order valence-corrected chi connectivity index (χ1v) is 9.39. The van der Waals surface area contributed by atoms with Gasteiger partial charge in [0.15, 0.2) is 11.5 Å². The highest BCUT2D eigenvalue weighted by atomic mass is 32.1. The maximum absolute atomic E-state index is 11.9. The highest BCUT2D eigenvalue weighted by Gasteiger charge is 2.17. The number of nitrogens with zero attached hydrogens (tertiary/aromatic N) is 1. The number of nitrogens with one attached hydrogen (secondary N) is 2. The van der Waals surface area contributed by atoms with Crippen LogP contribution in [0.5, 0.6) is 11.5 Å². The second kappa shape index (κ2) is 8.89. The predicted octanol–water partition coefficient (Wildman–Crippen LogP) is 3.50. The van der Waals surface area contributed by atoms with Crippen LogP contribution >= 0.6 is 11.3 Å². The molecule has 26 heavy (non-hydrogen) atoms. The molecule has 0 aliphatic carbocycles. The fourth-order valence-corrected chi connectivity index (χ4v) is 3.27. The van der Waals surface area contributed by atoms with Crippen LogP contribution in [-0.2, 0) is 18.4 Å². The Hall–Kier alpha value is -2.28. The van der Waals surface area contributed by atoms with Crippen molar-refractivity contribution in [3.8, 4) is 11.5 Å². The quantitative estimate of drug-likeness (QED) is 0.775. The molecule has 0 unspecified atom stereocenters. The SMILES string of the molecule is COc1ccc(CCNC(=O)NCc2nc(C(C)(C)C)cs2)cc1OC. The first-order valence-electron chi connectivity index (χ1n) is 8.51. The first kappa shape index (κ1) is 20.0. The van der Waals surface area contributed by atoms with Crippen molar-refractivity contribution in [2.24, 2.45) is 0 Å². The molecule has 0 saturated carbocycles. The molecule has 0 aliphatic rings. The summed E-state index contributed by atoms with van der Waals surface area (Å²) in [5.41, 5.74) is 2.14. The van der Waals surface area contributed by atoms with Gasteiger partial charge in [-0.05, 0) is 24.1 Å². The lowest BCUT2D eigenvalue weighted by molar-refractivity contribution is 0.240. The average molecular weight is 378 g/mol. The largest absolute Gasteiger partial charge is 0.493 e. The van der Waals surface area contributed by atoms with Crippen LogP contribution in [0.2, 0.25) is 0 Å². The predicted molar refractivity (Wildman–Crippen MR) is 104 cm³/mol. The molecule has 1 heterocycles. The van der Waals surface area contributed by atoms with Gasteiger partial charge in [-0.15, -0.1) is 11.3 Å². The Morgan fingerprint density at radius 1 is 1.15 bits per heavy atom. The van der Waals surface area contributed by atoms with Gasteiger partial charge in [0.1, 0.15) is 5.01 Å². The number of carbonyl (C=O) groups is 1. The minimum absolute atomic E-state index is 0.0242. The van der Waals surface area contributed by atoms with E-state index in [1.54, 1.807) is 25.6 Å². The second-order valence-corrected chi connectivity index (χ2v) is 7.87. The number of ether oxygens (including phenoxy) is 2. The van der Waals surface area contributed by atoms with Crippen molar-refractivity contribution in [3.05, 3.63) is 39.8 Å². The molecule has 1 aromatic heterocycles. The van der Waals surface area contributed by atoms with E-state index in [0.717, 1.165) is 16.3 Å². The van der Waals surface area contributed by atoms with E-state index in [1.165, 1.54) is 0 Å². The van der Waals surface area contributed by atoms with E-state index >= 15 is 0 Å². The number of methoxy groups -OCH3 is 2. The van der Waals surface area contributed by atoms with Crippen LogP contribution in [0.15, 0.2) is 23.6 Å². The Morgan fingerprint density at radius 2 is 1.88 bits per heavy atom. The third kappa shape index (κ3) is 5.62. The van der Waals surface area contributed by atoms with Crippen LogP contribution in [0.3, 0.4) is 0 Å². The molecule has 2 rings (SSSR count). The van der Waals surface area contributed by atoms with E-state index in [2.05, 4.69) is 36.4 Å². The standard InChI is InChI=1S/C19H27N3O3S/c1-19(2,3)16-12-26-17(22-16)11-21-18(23)20-9-8-13-6-7-14(24-4)15(10-13)25-5/h6-7,10,12H,8-9,11H2,1-5H3,(H2,20,21,23). The fraction of sp³-hybridized carbons (Fsp3) is 0.474. The van der Waals surface area contributed by atoms with Gasteiger partial charge in [0.25, 0.3) is 0 Å². The highest BCUT2D eigenvalue weighted by Crippen LogP contribution is 2.27. The maximum Gasteiger partial charge on any atom is 0.315 e. The third-order valence-electron chi connectivity index (χ3n) is 3.87. The molecule has 0 aliphatic heterocycles. The van der Waals surface area contributed by atoms with Crippen molar-refractivity contribution in [3.63, 3.8) is 0 Å². The fourth-order valence-electron chi connectivity index (χ4n) is 2.31. The number of aromatic nitrogens is 1. The Morgan fingerprint density at radius 3 is 2.50 bits per heavy atom. The molecule has 2 aromatic rings. The van der Waals surface area contributed by atoms with Crippen LogP contribution in [0.25, 0.3) is 0 Å². The van der Waals surface area contributed by atoms with Gasteiger partial charge < -0.3 is 20.1 Å². The summed E-state index contributed by atoms with van der Waals surface area (Å²) in [6, 6.07) is 5.55. The lowest BCUT2D eigenvalue weighted by Crippen LogP contribution is -2.36. The van der Waals surface area contributed by atoms with E-state index in [4.69, 9.17) is 9.47 Å². The minimum Gasteiger partial charge on any atom is -0.493 e. The van der Waals surface area contributed by atoms with E-state index < -0.39 is 0 Å². The Kier molecular flexibility index (Phi) is 6.85. The molecule has 0 saturated heterocycles. The minimum atomic E-state index is -0.196. The van der Waals surface area contributed by atoms with Gasteiger partial charge in [0, 0.05) is 17.3 Å². The van der Waals surface area contributed by atoms with Crippen molar-refractivity contribution < 1.29 is 14.3 Å². The normalized spacial score (nSPS) is 11.1. The summed E-state index contributed by atoms with van der Waals surface area (Å²) in [6.45, 7) is 7.34. The molecule has 0 bridgehead atoms. The number of amides is 2. The van der Waals surface area contributed by atoms with Crippen molar-refractivity contribution in [1.29, 1.82) is 0 Å². The highest BCUT2D eigenvalue weighted by molar-refractivity contribution is 7.09. The van der Waals surface area contributed by atoms with Crippen LogP contribution in [0.4, 0.5) is 4.79 Å². The van der Waals surface area contributed by atoms with Crippen molar-refractivity contribution in [2.45, 2.75) is 39.2 Å². The summed E-state index contributed by atoms with van der Waals surface area (Å²) in [5.74, 6) is 1.38. The number of hydrogen-bond acceptors (Lipinski definition) is 5. The summed E-state index contributed by atoms with van der Waals surface area (Å²) < 4.78 is 10.5. The molecular weight excluding hydrogens is 350 g/mol. The topological polar surface area (TPSA) is 72.5 Å². The van der Waals surface area contributed by atoms with E-state index in [-0.39, 0.29) is 11.4 Å². The van der Waals surface area contributed by atoms with Gasteiger partial charge in [-0.3, -0.25) is 0 Å². The van der Waals surface area contributed by atoms with Gasteiger partial charge in [-0.1, -0.05) is 26.8 Å². The van der Waals surface area contributed by atoms with Crippen LogP contribution < -0.4 is 20.1 Å². The number of hydrogen-bond donors (Lipinski definition) is 2. The summed E-state index contributed by atoms with van der Waals surface area (Å²) in [4.78, 5) is 16.5. The monoisotopic (exact) mass is 377 g/mol. The van der Waals surface area contributed by atoms with E-state index in [0.29, 0.717) is 31.0 Å². The van der Waals surface area contributed by atoms with Gasteiger partial charge in [-0.25, -0.2) is 9.78 Å². The van der Waals surface area contributed by atoms with E-state index in [9.17, 15) is 4.79 Å². The van der Waals surface area contributed by atoms with Gasteiger partial charge in [0.2, 0.25) is 0 Å². The third-order valence-corrected chi connectivity index (χ3v) is 4.72. The number of rotatable bonds is 7. The summed E-state index contributed by atoms with van der Waals surface area (Å²) in [6.07, 6.45) is 0.708. The number of carbonyl (C=O) groups excluding carboxylic acids is 1. The summed E-state index contributed by atoms with van der Waals surface area (Å²) >= 11 is 1.57. The zero-order chi connectivity index (χ0) is 19.2. The average Bonchev–Trinajstić information content (AvgIpc) is 3.09. The molecule has 0 fully saturated rings. The molecule has 1 aromatic carbocycles. The molecule has 142 valence electrons. The maximum atomic E-state index is 11.9. The first-order chi connectivity index (χ1) is 12.3. The molecular formula is C19H27N3O3S. The van der Waals surface area contributed by atoms with Crippen LogP contribution in [0, 0.1) is 0 Å². The number of thiazole rings is 1. The summed E-state index contributed by atoms with van der Waals surface area (Å²) in [5, 5.41) is 8.66. The van der Waals surface area contributed by atoms with E-state index in [1.807, 2.05) is 23.6 Å². The van der Waals surface area contributed by atoms with Crippen molar-refractivity contribution >= 4 is 17.4 Å². The van der Waals surface area contributed by atoms with Gasteiger partial charge in [0.05, 0.1) is 26.5 Å². The smallest absolute Gasteiger partial charge is 0.315 e. The number of benzene rings is 1. The van der Waals surface area contributed by atoms with Crippen LogP contribution in [-0.4, -0.2) is 31.8 Å². The zero-order valence-corrected chi connectivity index (χ0v) is 16.8. The Bertz CT molecular complexity index is 738. The second-order valence-electron chi connectivity index (χ2n) is 6.93. The molecule has 0 spiro atoms. The molecule has 6 nitrogen and oxygen atoms in total. The Balaban J connectivity index is 1.76. The van der Waals surface area contributed by atoms with Crippen molar-refractivity contribution in [2.75, 3.05) is 20.8 Å². The summed E-state index contributed by atoms with van der Waals surface area (Å²) in [7, 11) is 3.22. The lowest BCUT2D eigenvalue weighted by atomic mass is 9.93. The van der Waals surface area contributed by atoms with Crippen molar-refractivity contribution in [1.82, 2.24) is 15.6 Å². The molecule has 7 heteroatoms. The van der Waals surface area contributed by atoms with Gasteiger partial charge >= 0.3 is 6.03 Å². The van der Waals surface area contributed by atoms with Gasteiger partial charge in [-0.2, -0.15) is 0 Å². The molecule has 2 N–H and O–H groups in total. The number of urea groups is 1. The molecule has 0 atom stereocenters. The van der Waals surface area contributed by atoms with Crippen LogP contribution in [0.1, 0.15) is 37.0 Å². The zero-order valence-electron chi connectivity index (χ0n) is 16.0. The Labute approximate surface area is 158 Å². The molecule has 2 amide bonds.